The highest BCUT2D eigenvalue weighted by Gasteiger charge is 2.48. The first kappa shape index (κ1) is 36.0. The minimum atomic E-state index is -4.27. The van der Waals surface area contributed by atoms with E-state index in [1.54, 1.807) is 39.2 Å². The molecular weight excluding hydrogens is 673 g/mol. The van der Waals surface area contributed by atoms with Crippen molar-refractivity contribution in [1.29, 1.82) is 0 Å². The summed E-state index contributed by atoms with van der Waals surface area (Å²) in [5.41, 5.74) is 2.91. The highest BCUT2D eigenvalue weighted by Crippen LogP contribution is 2.52. The number of rotatable bonds is 8. The highest BCUT2D eigenvalue weighted by molar-refractivity contribution is 7.98. The smallest absolute Gasteiger partial charge is 0.401 e. The molecule has 0 spiro atoms. The van der Waals surface area contributed by atoms with Crippen LogP contribution in [0.4, 0.5) is 19.1 Å². The molecule has 0 bridgehead atoms. The zero-order valence-corrected chi connectivity index (χ0v) is 29.9. The number of aryl methyl sites for hydroxylation is 1. The van der Waals surface area contributed by atoms with Crippen molar-refractivity contribution in [3.63, 3.8) is 0 Å². The van der Waals surface area contributed by atoms with Gasteiger partial charge in [-0.25, -0.2) is 9.97 Å². The van der Waals surface area contributed by atoms with Crippen molar-refractivity contribution in [3.05, 3.63) is 57.3 Å². The Balaban J connectivity index is 1.32. The number of hydrogen-bond donors (Lipinski definition) is 2. The number of halogens is 3. The van der Waals surface area contributed by atoms with Crippen LogP contribution in [0.5, 0.6) is 11.5 Å². The monoisotopic (exact) mass is 716 g/mol. The van der Waals surface area contributed by atoms with Gasteiger partial charge in [-0.3, -0.25) is 14.5 Å². The first-order chi connectivity index (χ1) is 23.6. The lowest BCUT2D eigenvalue weighted by Crippen LogP contribution is -2.49. The summed E-state index contributed by atoms with van der Waals surface area (Å²) in [6.45, 7) is 10.2. The molecule has 2 N–H and O–H groups in total. The molecule has 3 aromatic rings. The average molecular weight is 717 g/mol. The Labute approximate surface area is 293 Å². The van der Waals surface area contributed by atoms with Gasteiger partial charge < -0.3 is 29.4 Å². The number of aromatic amines is 1. The van der Waals surface area contributed by atoms with Gasteiger partial charge in [0.2, 0.25) is 5.95 Å². The number of ether oxygens (including phenoxy) is 3. The van der Waals surface area contributed by atoms with Gasteiger partial charge in [0.25, 0.3) is 17.3 Å². The molecule has 3 aliphatic heterocycles. The zero-order chi connectivity index (χ0) is 36.0. The molecule has 5 heterocycles. The minimum Gasteiger partial charge on any atom is -0.448 e. The van der Waals surface area contributed by atoms with E-state index in [9.17, 15) is 22.8 Å². The van der Waals surface area contributed by atoms with Crippen LogP contribution in [0.15, 0.2) is 34.2 Å². The van der Waals surface area contributed by atoms with E-state index in [0.717, 1.165) is 10.6 Å². The van der Waals surface area contributed by atoms with Crippen LogP contribution in [0.1, 0.15) is 60.8 Å². The number of aromatic nitrogens is 3. The number of morpholine rings is 1. The Bertz CT molecular complexity index is 1790. The number of H-pyrrole nitrogens is 1. The molecule has 1 aromatic carbocycles. The Morgan fingerprint density at radius 3 is 2.34 bits per heavy atom. The molecule has 2 aromatic heterocycles. The summed E-state index contributed by atoms with van der Waals surface area (Å²) in [4.78, 5) is 43.0. The number of hydrogen-bond acceptors (Lipinski definition) is 10. The summed E-state index contributed by atoms with van der Waals surface area (Å²) >= 11 is 1.43. The number of amides is 1. The summed E-state index contributed by atoms with van der Waals surface area (Å²) in [5, 5.41) is 2.91. The third-order valence-corrected chi connectivity index (χ3v) is 10.4. The number of piperidine rings is 1. The Hall–Kier alpha value is -3.82. The number of likely N-dealkylation sites (tertiary alicyclic amines) is 1. The number of carbonyl (C=O) groups excluding carboxylic acids is 1. The summed E-state index contributed by atoms with van der Waals surface area (Å²) in [6.07, 6.45) is 1.91. The van der Waals surface area contributed by atoms with Crippen LogP contribution in [0.3, 0.4) is 0 Å². The molecule has 0 aliphatic carbocycles. The quantitative estimate of drug-likeness (QED) is 0.290. The van der Waals surface area contributed by atoms with Crippen LogP contribution >= 0.6 is 11.8 Å². The van der Waals surface area contributed by atoms with Crippen LogP contribution in [0, 0.1) is 19.8 Å². The van der Waals surface area contributed by atoms with E-state index in [0.29, 0.717) is 71.2 Å². The topological polar surface area (TPSA) is 122 Å². The number of thioether (sulfide) groups is 1. The number of pyridine rings is 1. The van der Waals surface area contributed by atoms with Crippen molar-refractivity contribution in [2.45, 2.75) is 83.1 Å². The van der Waals surface area contributed by atoms with Gasteiger partial charge in [0, 0.05) is 83.3 Å². The largest absolute Gasteiger partial charge is 0.448 e. The number of carbonyl (C=O) groups is 1. The molecule has 3 aliphatic rings. The van der Waals surface area contributed by atoms with Gasteiger partial charge >= 0.3 is 6.18 Å². The van der Waals surface area contributed by atoms with Crippen molar-refractivity contribution in [3.8, 4) is 22.6 Å². The number of fused-ring (bicyclic) bond motifs is 1. The predicted molar refractivity (Wildman–Crippen MR) is 184 cm³/mol. The first-order valence-corrected chi connectivity index (χ1v) is 18.0. The van der Waals surface area contributed by atoms with Crippen LogP contribution in [0.2, 0.25) is 0 Å². The molecule has 15 heteroatoms. The van der Waals surface area contributed by atoms with E-state index in [1.807, 2.05) is 26.2 Å². The minimum absolute atomic E-state index is 0.0102. The van der Waals surface area contributed by atoms with Crippen LogP contribution in [-0.4, -0.2) is 88.9 Å². The molecule has 0 saturated carbocycles. The van der Waals surface area contributed by atoms with Gasteiger partial charge in [-0.05, 0) is 72.0 Å². The number of nitrogens with one attached hydrogen (secondary N) is 2. The maximum atomic E-state index is 13.9. The summed E-state index contributed by atoms with van der Waals surface area (Å²) in [5.74, 6) is -0.436. The third kappa shape index (κ3) is 7.59. The van der Waals surface area contributed by atoms with E-state index in [-0.39, 0.29) is 43.3 Å². The van der Waals surface area contributed by atoms with Gasteiger partial charge in [-0.15, -0.1) is 11.8 Å². The second-order valence-corrected chi connectivity index (χ2v) is 14.4. The van der Waals surface area contributed by atoms with E-state index in [2.05, 4.69) is 25.2 Å². The van der Waals surface area contributed by atoms with Gasteiger partial charge in [-0.2, -0.15) is 13.2 Å². The molecule has 6 rings (SSSR count). The standard InChI is InChI=1S/C35H43F3N6O5S/c1-19-11-28(50-6)27(32(46)42-19)15-39-31(45)25-12-26(23-13-40-33(41-14-23)44-16-20(2)47-21(3)17-44)30-29(22(25)4)48-34(5,49-30)24-7-9-43(10-8-24)18-35(36,37)38/h11-14,20-21,24H,7-10,15-18H2,1-6H3,(H,39,45)(H,42,46)/t20-,21+,34?. The summed E-state index contributed by atoms with van der Waals surface area (Å²) < 4.78 is 58.3. The fourth-order valence-electron chi connectivity index (χ4n) is 7.13. The molecule has 1 unspecified atom stereocenters. The van der Waals surface area contributed by atoms with Crippen LogP contribution in [0.25, 0.3) is 11.1 Å². The summed E-state index contributed by atoms with van der Waals surface area (Å²) in [7, 11) is 0. The molecule has 3 atom stereocenters. The highest BCUT2D eigenvalue weighted by atomic mass is 32.2. The van der Waals surface area contributed by atoms with Gasteiger partial charge in [0.15, 0.2) is 11.5 Å². The van der Waals surface area contributed by atoms with Crippen molar-refractivity contribution in [2.75, 3.05) is 43.9 Å². The number of anilines is 1. The molecule has 11 nitrogen and oxygen atoms in total. The number of benzene rings is 1. The predicted octanol–water partition coefficient (Wildman–Crippen LogP) is 5.48. The van der Waals surface area contributed by atoms with Crippen LogP contribution in [-0.2, 0) is 11.3 Å². The fourth-order valence-corrected chi connectivity index (χ4v) is 7.84. The molecular formula is C35H43F3N6O5S. The normalized spacial score (nSPS) is 22.9. The van der Waals surface area contributed by atoms with Crippen molar-refractivity contribution in [2.24, 2.45) is 5.92 Å². The van der Waals surface area contributed by atoms with Crippen molar-refractivity contribution >= 4 is 23.6 Å². The number of alkyl halides is 3. The molecule has 2 saturated heterocycles. The van der Waals surface area contributed by atoms with E-state index < -0.39 is 24.4 Å². The van der Waals surface area contributed by atoms with Gasteiger partial charge in [-0.1, -0.05) is 0 Å². The van der Waals surface area contributed by atoms with Crippen LogP contribution < -0.4 is 25.2 Å². The Kier molecular flexibility index (Phi) is 10.1. The third-order valence-electron chi connectivity index (χ3n) is 9.60. The first-order valence-electron chi connectivity index (χ1n) is 16.8. The van der Waals surface area contributed by atoms with E-state index >= 15 is 0 Å². The molecule has 270 valence electrons. The second kappa shape index (κ2) is 14.1. The molecule has 0 radical (unpaired) electrons. The second-order valence-electron chi connectivity index (χ2n) is 13.6. The lowest BCUT2D eigenvalue weighted by Gasteiger charge is -2.39. The lowest BCUT2D eigenvalue weighted by molar-refractivity contribution is -0.159. The molecule has 1 amide bonds. The molecule has 2 fully saturated rings. The van der Waals surface area contributed by atoms with Gasteiger partial charge in [0.1, 0.15) is 0 Å². The average Bonchev–Trinajstić information content (AvgIpc) is 3.42. The fraction of sp³-hybridized carbons (Fsp3) is 0.543. The van der Waals surface area contributed by atoms with Crippen molar-refractivity contribution in [1.82, 2.24) is 25.2 Å². The maximum Gasteiger partial charge on any atom is 0.401 e. The Morgan fingerprint density at radius 1 is 1.08 bits per heavy atom. The lowest BCUT2D eigenvalue weighted by atomic mass is 9.89. The number of nitrogens with zero attached hydrogens (tertiary/aromatic N) is 4. The Morgan fingerprint density at radius 2 is 1.72 bits per heavy atom. The van der Waals surface area contributed by atoms with E-state index in [1.165, 1.54) is 16.7 Å². The zero-order valence-electron chi connectivity index (χ0n) is 29.1. The van der Waals surface area contributed by atoms with Crippen molar-refractivity contribution < 1.29 is 32.2 Å². The SMILES string of the molecule is CSc1cc(C)[nH]c(=O)c1CNC(=O)c1cc(-c2cnc(N3C[C@@H](C)O[C@@H](C)C3)nc2)c2c(c1C)OC(C)(C1CCN(CC(F)(F)F)CC1)O2. The maximum absolute atomic E-state index is 13.9. The molecule has 50 heavy (non-hydrogen) atoms. The van der Waals surface area contributed by atoms with E-state index in [4.69, 9.17) is 14.2 Å². The van der Waals surface area contributed by atoms with Gasteiger partial charge in [0.05, 0.1) is 18.8 Å². The summed E-state index contributed by atoms with van der Waals surface area (Å²) in [6, 6.07) is 3.59.